The first-order valence-corrected chi connectivity index (χ1v) is 6.24. The normalized spacial score (nSPS) is 11.6. The summed E-state index contributed by atoms with van der Waals surface area (Å²) in [4.78, 5) is 10.5. The lowest BCUT2D eigenvalue weighted by Gasteiger charge is -2.05. The summed E-state index contributed by atoms with van der Waals surface area (Å²) in [5.74, 6) is -0.868. The van der Waals surface area contributed by atoms with E-state index in [0.717, 1.165) is 15.8 Å². The molecule has 0 saturated carbocycles. The predicted molar refractivity (Wildman–Crippen MR) is 69.7 cm³/mol. The average molecular weight is 298 g/mol. The topological polar surface area (TPSA) is 55.1 Å². The summed E-state index contributed by atoms with van der Waals surface area (Å²) in [6, 6.07) is 7.01. The number of aryl methyl sites for hydroxylation is 1. The molecule has 0 amide bonds. The fourth-order valence-electron chi connectivity index (χ4n) is 1.90. The number of aliphatic carboxylic acids is 1. The highest BCUT2D eigenvalue weighted by Gasteiger charge is 2.28. The van der Waals surface area contributed by atoms with Gasteiger partial charge >= 0.3 is 12.1 Å². The molecule has 4 nitrogen and oxygen atoms in total. The second-order valence-corrected chi connectivity index (χ2v) is 4.63. The van der Waals surface area contributed by atoms with E-state index in [0.29, 0.717) is 12.0 Å². The van der Waals surface area contributed by atoms with Crippen LogP contribution < -0.4 is 0 Å². The first-order valence-electron chi connectivity index (χ1n) is 6.24. The van der Waals surface area contributed by atoms with Gasteiger partial charge in [-0.1, -0.05) is 24.3 Å². The zero-order valence-corrected chi connectivity index (χ0v) is 11.0. The van der Waals surface area contributed by atoms with Gasteiger partial charge in [0.15, 0.2) is 0 Å². The van der Waals surface area contributed by atoms with Crippen LogP contribution in [0.15, 0.2) is 36.7 Å². The van der Waals surface area contributed by atoms with E-state index >= 15 is 0 Å². The van der Waals surface area contributed by atoms with Gasteiger partial charge in [-0.05, 0) is 17.5 Å². The van der Waals surface area contributed by atoms with E-state index < -0.39 is 18.7 Å². The Balaban J connectivity index is 2.07. The monoisotopic (exact) mass is 298 g/mol. The van der Waals surface area contributed by atoms with E-state index in [9.17, 15) is 18.0 Å². The van der Waals surface area contributed by atoms with E-state index in [1.165, 1.54) is 12.4 Å². The molecule has 0 aliphatic rings. The Kier molecular flexibility index (Phi) is 4.30. The summed E-state index contributed by atoms with van der Waals surface area (Å²) < 4.78 is 37.6. The minimum Gasteiger partial charge on any atom is -0.481 e. The van der Waals surface area contributed by atoms with Crippen molar-refractivity contribution in [3.05, 3.63) is 42.2 Å². The number of hydrogen-bond acceptors (Lipinski definition) is 2. The van der Waals surface area contributed by atoms with Crippen LogP contribution in [0.2, 0.25) is 0 Å². The average Bonchev–Trinajstić information content (AvgIpc) is 2.83. The summed E-state index contributed by atoms with van der Waals surface area (Å²) in [6.07, 6.45) is -1.13. The molecular formula is C14H13F3N2O2. The maximum atomic E-state index is 12.2. The number of rotatable bonds is 5. The van der Waals surface area contributed by atoms with Gasteiger partial charge in [0.2, 0.25) is 0 Å². The van der Waals surface area contributed by atoms with Crippen LogP contribution in [-0.2, 0) is 17.8 Å². The Morgan fingerprint density at radius 2 is 1.86 bits per heavy atom. The molecular weight excluding hydrogens is 285 g/mol. The molecule has 0 atom stereocenters. The molecule has 0 aliphatic carbocycles. The van der Waals surface area contributed by atoms with Gasteiger partial charge in [-0.2, -0.15) is 18.3 Å². The SMILES string of the molecule is O=C(O)CCc1ccc(-c2cnn(CC(F)(F)F)c2)cc1. The first-order chi connectivity index (χ1) is 9.83. The maximum Gasteiger partial charge on any atom is 0.408 e. The lowest BCUT2D eigenvalue weighted by Crippen LogP contribution is -2.17. The molecule has 0 aliphatic heterocycles. The molecule has 0 radical (unpaired) electrons. The van der Waals surface area contributed by atoms with E-state index in [2.05, 4.69) is 5.10 Å². The summed E-state index contributed by atoms with van der Waals surface area (Å²) >= 11 is 0. The van der Waals surface area contributed by atoms with Crippen molar-refractivity contribution in [3.63, 3.8) is 0 Å². The molecule has 2 rings (SSSR count). The molecule has 0 bridgehead atoms. The van der Waals surface area contributed by atoms with Crippen LogP contribution in [0.25, 0.3) is 11.1 Å². The van der Waals surface area contributed by atoms with Crippen molar-refractivity contribution < 1.29 is 23.1 Å². The Morgan fingerprint density at radius 3 is 2.43 bits per heavy atom. The maximum absolute atomic E-state index is 12.2. The van der Waals surface area contributed by atoms with Crippen molar-refractivity contribution in [1.29, 1.82) is 0 Å². The standard InChI is InChI=1S/C14H13F3N2O2/c15-14(16,17)9-19-8-12(7-18-19)11-4-1-10(2-5-11)3-6-13(20)21/h1-2,4-5,7-8H,3,6,9H2,(H,20,21). The molecule has 1 heterocycles. The van der Waals surface area contributed by atoms with Crippen molar-refractivity contribution in [2.75, 3.05) is 0 Å². The number of carboxylic acid groups (broad SMARTS) is 1. The van der Waals surface area contributed by atoms with E-state index in [-0.39, 0.29) is 6.42 Å². The fourth-order valence-corrected chi connectivity index (χ4v) is 1.90. The van der Waals surface area contributed by atoms with Crippen LogP contribution in [0.4, 0.5) is 13.2 Å². The number of nitrogens with zero attached hydrogens (tertiary/aromatic N) is 2. The Hall–Kier alpha value is -2.31. The quantitative estimate of drug-likeness (QED) is 0.922. The lowest BCUT2D eigenvalue weighted by atomic mass is 10.0. The van der Waals surface area contributed by atoms with Crippen molar-refractivity contribution in [3.8, 4) is 11.1 Å². The van der Waals surface area contributed by atoms with Crippen LogP contribution in [0.1, 0.15) is 12.0 Å². The van der Waals surface area contributed by atoms with Gasteiger partial charge in [0.1, 0.15) is 6.54 Å². The Morgan fingerprint density at radius 1 is 1.19 bits per heavy atom. The van der Waals surface area contributed by atoms with Gasteiger partial charge in [0.25, 0.3) is 0 Å². The largest absolute Gasteiger partial charge is 0.481 e. The summed E-state index contributed by atoms with van der Waals surface area (Å²) in [7, 11) is 0. The molecule has 1 aromatic heterocycles. The molecule has 2 aromatic rings. The second kappa shape index (κ2) is 5.99. The summed E-state index contributed by atoms with van der Waals surface area (Å²) in [6.45, 7) is -1.12. The van der Waals surface area contributed by atoms with Gasteiger partial charge in [-0.3, -0.25) is 9.48 Å². The Labute approximate surface area is 118 Å². The molecule has 0 unspecified atom stereocenters. The molecule has 112 valence electrons. The van der Waals surface area contributed by atoms with E-state index in [4.69, 9.17) is 5.11 Å². The minimum absolute atomic E-state index is 0.0445. The fraction of sp³-hybridized carbons (Fsp3) is 0.286. The molecule has 0 spiro atoms. The number of carbonyl (C=O) groups is 1. The van der Waals surface area contributed by atoms with Crippen LogP contribution >= 0.6 is 0 Å². The van der Waals surface area contributed by atoms with Crippen molar-refractivity contribution in [1.82, 2.24) is 9.78 Å². The number of alkyl halides is 3. The van der Waals surface area contributed by atoms with Crippen molar-refractivity contribution in [2.24, 2.45) is 0 Å². The number of carboxylic acids is 1. The molecule has 1 aromatic carbocycles. The number of aromatic nitrogens is 2. The third kappa shape index (κ3) is 4.62. The Bertz CT molecular complexity index is 618. The highest BCUT2D eigenvalue weighted by molar-refractivity contribution is 5.67. The van der Waals surface area contributed by atoms with Crippen LogP contribution in [-0.4, -0.2) is 27.0 Å². The van der Waals surface area contributed by atoms with Gasteiger partial charge in [-0.15, -0.1) is 0 Å². The highest BCUT2D eigenvalue weighted by atomic mass is 19.4. The molecule has 1 N–H and O–H groups in total. The van der Waals surface area contributed by atoms with Crippen molar-refractivity contribution in [2.45, 2.75) is 25.6 Å². The first kappa shape index (κ1) is 15.1. The van der Waals surface area contributed by atoms with Crippen LogP contribution in [0, 0.1) is 0 Å². The number of halogens is 3. The third-order valence-electron chi connectivity index (χ3n) is 2.89. The zero-order chi connectivity index (χ0) is 15.5. The molecule has 7 heteroatoms. The second-order valence-electron chi connectivity index (χ2n) is 4.63. The smallest absolute Gasteiger partial charge is 0.408 e. The van der Waals surface area contributed by atoms with Gasteiger partial charge in [0, 0.05) is 18.2 Å². The summed E-state index contributed by atoms with van der Waals surface area (Å²) in [5, 5.41) is 12.3. The molecule has 0 saturated heterocycles. The van der Waals surface area contributed by atoms with E-state index in [1.807, 2.05) is 0 Å². The molecule has 21 heavy (non-hydrogen) atoms. The molecule has 0 fully saturated rings. The van der Waals surface area contributed by atoms with E-state index in [1.54, 1.807) is 24.3 Å². The van der Waals surface area contributed by atoms with Gasteiger partial charge < -0.3 is 5.11 Å². The lowest BCUT2D eigenvalue weighted by molar-refractivity contribution is -0.142. The van der Waals surface area contributed by atoms with Crippen LogP contribution in [0.5, 0.6) is 0 Å². The number of benzene rings is 1. The van der Waals surface area contributed by atoms with Gasteiger partial charge in [-0.25, -0.2) is 0 Å². The van der Waals surface area contributed by atoms with Crippen LogP contribution in [0.3, 0.4) is 0 Å². The highest BCUT2D eigenvalue weighted by Crippen LogP contribution is 2.22. The zero-order valence-electron chi connectivity index (χ0n) is 11.0. The summed E-state index contributed by atoms with van der Waals surface area (Å²) in [5.41, 5.74) is 2.19. The predicted octanol–water partition coefficient (Wildman–Crippen LogP) is 3.13. The third-order valence-corrected chi connectivity index (χ3v) is 2.89. The minimum atomic E-state index is -4.30. The van der Waals surface area contributed by atoms with Crippen molar-refractivity contribution >= 4 is 5.97 Å². The number of hydrogen-bond donors (Lipinski definition) is 1. The van der Waals surface area contributed by atoms with Gasteiger partial charge in [0.05, 0.1) is 6.20 Å².